The molecule has 0 aliphatic heterocycles. The molecule has 1 unspecified atom stereocenters. The molecule has 0 aliphatic rings. The smallest absolute Gasteiger partial charge is 0.266 e. The fourth-order valence-electron chi connectivity index (χ4n) is 1.18. The average molecular weight is 224 g/mol. The summed E-state index contributed by atoms with van der Waals surface area (Å²) < 4.78 is 0. The van der Waals surface area contributed by atoms with Crippen LogP contribution in [0.4, 0.5) is 0 Å². The second-order valence-electron chi connectivity index (χ2n) is 2.92. The first-order valence-electron chi connectivity index (χ1n) is 4.25. The molecule has 0 heterocycles. The summed E-state index contributed by atoms with van der Waals surface area (Å²) in [6.07, 6.45) is 1.30. The number of aromatic hydroxyl groups is 1. The minimum Gasteiger partial charge on any atom is -0.507 e. The molecule has 1 aromatic carbocycles. The highest BCUT2D eigenvalue weighted by Gasteiger charge is 2.23. The van der Waals surface area contributed by atoms with Crippen LogP contribution < -0.4 is 0 Å². The van der Waals surface area contributed by atoms with Crippen LogP contribution in [0.15, 0.2) is 36.5 Å². The van der Waals surface area contributed by atoms with Crippen molar-refractivity contribution in [1.82, 2.24) is 0 Å². The van der Waals surface area contributed by atoms with Crippen molar-refractivity contribution in [2.75, 3.05) is 0 Å². The third-order valence-electron chi connectivity index (χ3n) is 1.87. The fourth-order valence-corrected chi connectivity index (χ4v) is 1.18. The van der Waals surface area contributed by atoms with Crippen molar-refractivity contribution >= 4 is 0 Å². The largest absolute Gasteiger partial charge is 0.507 e. The number of hydrogen-bond acceptors (Lipinski definition) is 5. The number of nitrogens with zero attached hydrogens (tertiary/aromatic N) is 2. The van der Waals surface area contributed by atoms with Gasteiger partial charge in [0.2, 0.25) is 6.20 Å². The van der Waals surface area contributed by atoms with Crippen LogP contribution >= 0.6 is 0 Å². The molecule has 1 aromatic rings. The van der Waals surface area contributed by atoms with Gasteiger partial charge in [-0.2, -0.15) is 0 Å². The Balaban J connectivity index is 3.08. The fraction of sp³-hybridized carbons (Fsp3) is 0.111. The highest BCUT2D eigenvalue weighted by Crippen LogP contribution is 2.26. The Labute approximate surface area is 89.9 Å². The van der Waals surface area contributed by atoms with Gasteiger partial charge in [-0.1, -0.05) is 12.1 Å². The molecule has 84 valence electrons. The number of phenols is 1. The summed E-state index contributed by atoms with van der Waals surface area (Å²) in [5.74, 6) is -0.266. The van der Waals surface area contributed by atoms with Gasteiger partial charge in [-0.05, 0) is 12.1 Å². The van der Waals surface area contributed by atoms with Gasteiger partial charge < -0.3 is 5.11 Å². The molecule has 1 rings (SSSR count). The first kappa shape index (κ1) is 11.6. The second-order valence-corrected chi connectivity index (χ2v) is 2.92. The molecule has 7 heteroatoms. The van der Waals surface area contributed by atoms with Gasteiger partial charge in [-0.25, -0.2) is 0 Å². The zero-order valence-electron chi connectivity index (χ0n) is 8.02. The SMILES string of the molecule is O=[N+]([O-])C=CC(c1ccccc1O)[N+](=O)[O-]. The van der Waals surface area contributed by atoms with Crippen molar-refractivity contribution < 1.29 is 15.0 Å². The van der Waals surface area contributed by atoms with Crippen molar-refractivity contribution in [2.45, 2.75) is 6.04 Å². The highest BCUT2D eigenvalue weighted by molar-refractivity contribution is 5.35. The second kappa shape index (κ2) is 4.87. The maximum atomic E-state index is 10.7. The molecule has 0 aromatic heterocycles. The lowest BCUT2D eigenvalue weighted by molar-refractivity contribution is -0.517. The van der Waals surface area contributed by atoms with Crippen LogP contribution in [0, 0.1) is 20.2 Å². The summed E-state index contributed by atoms with van der Waals surface area (Å²) in [6, 6.07) is 4.21. The molecule has 0 bridgehead atoms. The van der Waals surface area contributed by atoms with E-state index in [1.807, 2.05) is 0 Å². The van der Waals surface area contributed by atoms with E-state index in [4.69, 9.17) is 0 Å². The molecule has 7 nitrogen and oxygen atoms in total. The molecule has 1 atom stereocenters. The van der Waals surface area contributed by atoms with E-state index < -0.39 is 15.9 Å². The van der Waals surface area contributed by atoms with Gasteiger partial charge in [0.25, 0.3) is 6.04 Å². The lowest BCUT2D eigenvalue weighted by atomic mass is 10.1. The topological polar surface area (TPSA) is 107 Å². The third-order valence-corrected chi connectivity index (χ3v) is 1.87. The molecular weight excluding hydrogens is 216 g/mol. The molecule has 0 saturated carbocycles. The molecule has 0 amide bonds. The number of para-hydroxylation sites is 1. The van der Waals surface area contributed by atoms with Crippen molar-refractivity contribution in [3.8, 4) is 5.75 Å². The monoisotopic (exact) mass is 224 g/mol. The minimum absolute atomic E-state index is 0.0191. The number of benzene rings is 1. The lowest BCUT2D eigenvalue weighted by Gasteiger charge is -2.05. The van der Waals surface area contributed by atoms with E-state index in [-0.39, 0.29) is 11.3 Å². The summed E-state index contributed by atoms with van der Waals surface area (Å²) in [5.41, 5.74) is 0.0191. The van der Waals surface area contributed by atoms with Crippen molar-refractivity contribution in [3.05, 3.63) is 62.3 Å². The zero-order valence-corrected chi connectivity index (χ0v) is 8.02. The molecule has 0 spiro atoms. The van der Waals surface area contributed by atoms with Crippen LogP contribution in [0.25, 0.3) is 0 Å². The molecule has 0 fully saturated rings. The number of phenolic OH excluding ortho intramolecular Hbond substituents is 1. The maximum absolute atomic E-state index is 10.7. The Morgan fingerprint density at radius 1 is 1.25 bits per heavy atom. The quantitative estimate of drug-likeness (QED) is 0.616. The summed E-state index contributed by atoms with van der Waals surface area (Å²) in [5, 5.41) is 30.1. The van der Waals surface area contributed by atoms with E-state index in [9.17, 15) is 25.3 Å². The van der Waals surface area contributed by atoms with Gasteiger partial charge in [0.05, 0.1) is 16.6 Å². The minimum atomic E-state index is -1.42. The third kappa shape index (κ3) is 2.77. The Morgan fingerprint density at radius 3 is 2.38 bits per heavy atom. The molecule has 0 saturated heterocycles. The van der Waals surface area contributed by atoms with Crippen LogP contribution in [0.5, 0.6) is 5.75 Å². The summed E-state index contributed by atoms with van der Waals surface area (Å²) in [4.78, 5) is 19.3. The van der Waals surface area contributed by atoms with E-state index >= 15 is 0 Å². The van der Waals surface area contributed by atoms with Gasteiger partial charge in [0, 0.05) is 4.92 Å². The lowest BCUT2D eigenvalue weighted by Crippen LogP contribution is -2.08. The first-order chi connectivity index (χ1) is 7.52. The van der Waals surface area contributed by atoms with E-state index in [1.54, 1.807) is 0 Å². The Morgan fingerprint density at radius 2 is 1.88 bits per heavy atom. The van der Waals surface area contributed by atoms with Crippen LogP contribution in [-0.4, -0.2) is 15.0 Å². The predicted octanol–water partition coefficient (Wildman–Crippen LogP) is 1.50. The standard InChI is InChI=1S/C9H8N2O5/c12-9-4-2-1-3-7(9)8(11(15)16)5-6-10(13)14/h1-6,8,12H. The number of hydrogen-bond donors (Lipinski definition) is 1. The summed E-state index contributed by atoms with van der Waals surface area (Å²) in [6.45, 7) is 0. The molecule has 0 aliphatic carbocycles. The van der Waals surface area contributed by atoms with E-state index in [1.165, 1.54) is 24.3 Å². The van der Waals surface area contributed by atoms with E-state index in [2.05, 4.69) is 0 Å². The molecule has 16 heavy (non-hydrogen) atoms. The van der Waals surface area contributed by atoms with Gasteiger partial charge in [-0.15, -0.1) is 0 Å². The van der Waals surface area contributed by atoms with E-state index in [0.717, 1.165) is 6.08 Å². The zero-order chi connectivity index (χ0) is 12.1. The van der Waals surface area contributed by atoms with Crippen LogP contribution in [-0.2, 0) is 0 Å². The maximum Gasteiger partial charge on any atom is 0.266 e. The van der Waals surface area contributed by atoms with E-state index in [0.29, 0.717) is 6.20 Å². The summed E-state index contributed by atoms with van der Waals surface area (Å²) >= 11 is 0. The van der Waals surface area contributed by atoms with Gasteiger partial charge in [-0.3, -0.25) is 20.2 Å². The van der Waals surface area contributed by atoms with Crippen molar-refractivity contribution in [3.63, 3.8) is 0 Å². The Kier molecular flexibility index (Phi) is 3.54. The molecule has 1 N–H and O–H groups in total. The van der Waals surface area contributed by atoms with Crippen molar-refractivity contribution in [2.24, 2.45) is 0 Å². The van der Waals surface area contributed by atoms with Gasteiger partial charge in [0.1, 0.15) is 5.75 Å². The number of rotatable bonds is 4. The predicted molar refractivity (Wildman–Crippen MR) is 54.0 cm³/mol. The normalized spacial score (nSPS) is 12.5. The number of nitro groups is 2. The Bertz CT molecular complexity index is 443. The van der Waals surface area contributed by atoms with Crippen LogP contribution in [0.1, 0.15) is 11.6 Å². The molecule has 0 radical (unpaired) electrons. The summed E-state index contributed by atoms with van der Waals surface area (Å²) in [7, 11) is 0. The molecular formula is C9H8N2O5. The van der Waals surface area contributed by atoms with Gasteiger partial charge >= 0.3 is 0 Å². The first-order valence-corrected chi connectivity index (χ1v) is 4.25. The Hall–Kier alpha value is -2.44. The van der Waals surface area contributed by atoms with Gasteiger partial charge in [0.15, 0.2) is 0 Å². The van der Waals surface area contributed by atoms with Crippen LogP contribution in [0.3, 0.4) is 0 Å². The van der Waals surface area contributed by atoms with Crippen molar-refractivity contribution in [1.29, 1.82) is 0 Å². The average Bonchev–Trinajstić information content (AvgIpc) is 2.20. The highest BCUT2D eigenvalue weighted by atomic mass is 16.6. The van der Waals surface area contributed by atoms with Crippen LogP contribution in [0.2, 0.25) is 0 Å².